The van der Waals surface area contributed by atoms with Crippen molar-refractivity contribution in [2.75, 3.05) is 19.3 Å². The lowest BCUT2D eigenvalue weighted by Crippen LogP contribution is -2.20. The van der Waals surface area contributed by atoms with Crippen molar-refractivity contribution in [3.63, 3.8) is 0 Å². The first-order valence-corrected chi connectivity index (χ1v) is 8.32. The van der Waals surface area contributed by atoms with Gasteiger partial charge in [0.05, 0.1) is 18.1 Å². The van der Waals surface area contributed by atoms with E-state index in [2.05, 4.69) is 45.5 Å². The molecule has 0 aliphatic carbocycles. The third-order valence-electron chi connectivity index (χ3n) is 3.18. The molecular weight excluding hydrogens is 286 g/mol. The van der Waals surface area contributed by atoms with Crippen molar-refractivity contribution < 1.29 is 4.52 Å². The van der Waals surface area contributed by atoms with Crippen LogP contribution < -0.4 is 0 Å². The topological polar surface area (TPSA) is 60.0 Å². The second kappa shape index (κ2) is 8.19. The van der Waals surface area contributed by atoms with E-state index in [0.717, 1.165) is 31.1 Å². The molecular formula is C14H23N5OS. The molecule has 0 radical (unpaired) electrons. The van der Waals surface area contributed by atoms with Crippen LogP contribution >= 0.6 is 11.8 Å². The quantitative estimate of drug-likeness (QED) is 0.709. The zero-order valence-corrected chi connectivity index (χ0v) is 13.7. The SMILES string of the molecule is CCS[C@@H](C)c1noc(CN(C)CCCn2ccnc2)n1. The number of thioether (sulfide) groups is 1. The highest BCUT2D eigenvalue weighted by molar-refractivity contribution is 7.99. The fourth-order valence-electron chi connectivity index (χ4n) is 2.07. The molecule has 116 valence electrons. The van der Waals surface area contributed by atoms with Crippen LogP contribution in [0.15, 0.2) is 23.2 Å². The maximum absolute atomic E-state index is 5.32. The molecule has 0 saturated carbocycles. The third-order valence-corrected chi connectivity index (χ3v) is 4.23. The molecule has 2 heterocycles. The zero-order valence-electron chi connectivity index (χ0n) is 12.9. The Morgan fingerprint density at radius 2 is 2.33 bits per heavy atom. The minimum Gasteiger partial charge on any atom is -0.338 e. The highest BCUT2D eigenvalue weighted by Gasteiger charge is 2.14. The van der Waals surface area contributed by atoms with E-state index in [4.69, 9.17) is 4.52 Å². The van der Waals surface area contributed by atoms with Crippen LogP contribution in [0.1, 0.15) is 37.2 Å². The predicted octanol–water partition coefficient (Wildman–Crippen LogP) is 2.60. The molecule has 2 aromatic rings. The van der Waals surface area contributed by atoms with E-state index in [1.165, 1.54) is 0 Å². The lowest BCUT2D eigenvalue weighted by atomic mass is 10.4. The fourth-order valence-corrected chi connectivity index (χ4v) is 2.82. The molecule has 6 nitrogen and oxygen atoms in total. The molecule has 0 aliphatic rings. The molecule has 0 saturated heterocycles. The maximum Gasteiger partial charge on any atom is 0.240 e. The molecule has 0 bridgehead atoms. The third kappa shape index (κ3) is 5.17. The van der Waals surface area contributed by atoms with E-state index in [9.17, 15) is 0 Å². The molecule has 0 unspecified atom stereocenters. The van der Waals surface area contributed by atoms with Gasteiger partial charge in [0.2, 0.25) is 5.89 Å². The van der Waals surface area contributed by atoms with Gasteiger partial charge in [-0.1, -0.05) is 12.1 Å². The van der Waals surface area contributed by atoms with Crippen LogP contribution in [-0.4, -0.2) is 43.9 Å². The summed E-state index contributed by atoms with van der Waals surface area (Å²) in [5.74, 6) is 2.54. The van der Waals surface area contributed by atoms with Crippen LogP contribution in [-0.2, 0) is 13.1 Å². The van der Waals surface area contributed by atoms with Crippen molar-refractivity contribution in [1.82, 2.24) is 24.6 Å². The second-order valence-corrected chi connectivity index (χ2v) is 6.65. The number of rotatable bonds is 9. The van der Waals surface area contributed by atoms with Gasteiger partial charge < -0.3 is 9.09 Å². The molecule has 2 rings (SSSR count). The van der Waals surface area contributed by atoms with Gasteiger partial charge in [-0.2, -0.15) is 16.7 Å². The Morgan fingerprint density at radius 1 is 1.48 bits per heavy atom. The van der Waals surface area contributed by atoms with E-state index in [1.54, 1.807) is 6.20 Å². The van der Waals surface area contributed by atoms with E-state index >= 15 is 0 Å². The molecule has 7 heteroatoms. The standard InChI is InChI=1S/C14H23N5OS/c1-4-21-12(2)14-16-13(20-17-14)10-18(3)7-5-8-19-9-6-15-11-19/h6,9,11-12H,4-5,7-8,10H2,1-3H3/t12-/m0/s1. The first kappa shape index (κ1) is 16.0. The molecule has 0 fully saturated rings. The normalized spacial score (nSPS) is 13.0. The Hall–Kier alpha value is -1.34. The van der Waals surface area contributed by atoms with Crippen LogP contribution in [0.2, 0.25) is 0 Å². The molecule has 2 aromatic heterocycles. The summed E-state index contributed by atoms with van der Waals surface area (Å²) < 4.78 is 7.41. The van der Waals surface area contributed by atoms with Gasteiger partial charge >= 0.3 is 0 Å². The smallest absolute Gasteiger partial charge is 0.240 e. The van der Waals surface area contributed by atoms with Crippen LogP contribution in [0.3, 0.4) is 0 Å². The van der Waals surface area contributed by atoms with Gasteiger partial charge in [-0.25, -0.2) is 4.98 Å². The van der Waals surface area contributed by atoms with Crippen molar-refractivity contribution in [3.05, 3.63) is 30.4 Å². The highest BCUT2D eigenvalue weighted by atomic mass is 32.2. The Bertz CT molecular complexity index is 513. The minimum absolute atomic E-state index is 0.291. The van der Waals surface area contributed by atoms with Crippen molar-refractivity contribution in [1.29, 1.82) is 0 Å². The van der Waals surface area contributed by atoms with Crippen LogP contribution in [0, 0.1) is 0 Å². The number of hydrogen-bond acceptors (Lipinski definition) is 6. The van der Waals surface area contributed by atoms with Crippen molar-refractivity contribution in [2.45, 2.75) is 38.6 Å². The van der Waals surface area contributed by atoms with E-state index in [0.29, 0.717) is 17.7 Å². The minimum atomic E-state index is 0.291. The summed E-state index contributed by atoms with van der Waals surface area (Å²) in [7, 11) is 2.07. The Balaban J connectivity index is 1.73. The number of aromatic nitrogens is 4. The Labute approximate surface area is 129 Å². The van der Waals surface area contributed by atoms with Crippen molar-refractivity contribution in [3.8, 4) is 0 Å². The highest BCUT2D eigenvalue weighted by Crippen LogP contribution is 2.25. The van der Waals surface area contributed by atoms with Gasteiger partial charge in [0, 0.05) is 25.5 Å². The zero-order chi connectivity index (χ0) is 15.1. The van der Waals surface area contributed by atoms with Crippen molar-refractivity contribution in [2.24, 2.45) is 0 Å². The first-order chi connectivity index (χ1) is 10.2. The molecule has 0 aromatic carbocycles. The molecule has 0 aliphatic heterocycles. The summed E-state index contributed by atoms with van der Waals surface area (Å²) in [6.45, 7) is 6.90. The van der Waals surface area contributed by atoms with E-state index in [-0.39, 0.29) is 0 Å². The lowest BCUT2D eigenvalue weighted by Gasteiger charge is -2.13. The fraction of sp³-hybridized carbons (Fsp3) is 0.643. The first-order valence-electron chi connectivity index (χ1n) is 7.27. The molecule has 21 heavy (non-hydrogen) atoms. The Kier molecular flexibility index (Phi) is 6.25. The molecule has 0 amide bonds. The Morgan fingerprint density at radius 3 is 3.05 bits per heavy atom. The molecule has 0 N–H and O–H groups in total. The van der Waals surface area contributed by atoms with Gasteiger partial charge in [0.15, 0.2) is 5.82 Å². The summed E-state index contributed by atoms with van der Waals surface area (Å²) in [4.78, 5) is 10.7. The maximum atomic E-state index is 5.32. The number of aryl methyl sites for hydroxylation is 1. The average Bonchev–Trinajstić information content (AvgIpc) is 3.10. The lowest BCUT2D eigenvalue weighted by molar-refractivity contribution is 0.260. The second-order valence-electron chi connectivity index (χ2n) is 5.04. The van der Waals surface area contributed by atoms with Gasteiger partial charge in [-0.3, -0.25) is 4.90 Å². The van der Waals surface area contributed by atoms with Gasteiger partial charge in [0.1, 0.15) is 0 Å². The van der Waals surface area contributed by atoms with Gasteiger partial charge in [0.25, 0.3) is 0 Å². The van der Waals surface area contributed by atoms with Gasteiger partial charge in [-0.15, -0.1) is 0 Å². The summed E-state index contributed by atoms with van der Waals surface area (Å²) in [6.07, 6.45) is 6.70. The summed E-state index contributed by atoms with van der Waals surface area (Å²) in [5.41, 5.74) is 0. The average molecular weight is 309 g/mol. The largest absolute Gasteiger partial charge is 0.338 e. The summed E-state index contributed by atoms with van der Waals surface area (Å²) >= 11 is 1.82. The number of hydrogen-bond donors (Lipinski definition) is 0. The monoisotopic (exact) mass is 309 g/mol. The summed E-state index contributed by atoms with van der Waals surface area (Å²) in [6, 6.07) is 0. The van der Waals surface area contributed by atoms with Crippen LogP contribution in [0.25, 0.3) is 0 Å². The van der Waals surface area contributed by atoms with Crippen molar-refractivity contribution >= 4 is 11.8 Å². The number of nitrogens with zero attached hydrogens (tertiary/aromatic N) is 5. The molecule has 1 atom stereocenters. The van der Waals surface area contributed by atoms with Crippen LogP contribution in [0.5, 0.6) is 0 Å². The van der Waals surface area contributed by atoms with Crippen LogP contribution in [0.4, 0.5) is 0 Å². The van der Waals surface area contributed by atoms with E-state index in [1.807, 2.05) is 24.3 Å². The molecule has 0 spiro atoms. The predicted molar refractivity (Wildman–Crippen MR) is 84.0 cm³/mol. The summed E-state index contributed by atoms with van der Waals surface area (Å²) in [5, 5.41) is 4.35. The van der Waals surface area contributed by atoms with E-state index < -0.39 is 0 Å². The van der Waals surface area contributed by atoms with Gasteiger partial charge in [-0.05, 0) is 26.1 Å². The number of imidazole rings is 1.